The third kappa shape index (κ3) is 11.7. The van der Waals surface area contributed by atoms with Crippen molar-refractivity contribution < 1.29 is 4.74 Å². The van der Waals surface area contributed by atoms with Crippen LogP contribution >= 0.6 is 0 Å². The first kappa shape index (κ1) is 22.6. The van der Waals surface area contributed by atoms with Gasteiger partial charge in [0.15, 0.2) is 0 Å². The smallest absolute Gasteiger partial charge is 0.0622 e. The summed E-state index contributed by atoms with van der Waals surface area (Å²) in [5, 5.41) is 0. The van der Waals surface area contributed by atoms with Crippen LogP contribution in [0.5, 0.6) is 0 Å². The number of methoxy groups -OCH3 is 1. The molecule has 1 fully saturated rings. The van der Waals surface area contributed by atoms with Crippen LogP contribution in [0.3, 0.4) is 0 Å². The van der Waals surface area contributed by atoms with Crippen molar-refractivity contribution in [3.05, 3.63) is 12.2 Å². The van der Waals surface area contributed by atoms with Crippen LogP contribution in [0.15, 0.2) is 12.2 Å². The number of hydrogen-bond acceptors (Lipinski definition) is 3. The molecule has 0 heterocycles. The first-order chi connectivity index (χ1) is 11.1. The molecule has 0 aromatic carbocycles. The number of rotatable bonds is 9. The van der Waals surface area contributed by atoms with Crippen molar-refractivity contribution in [1.82, 2.24) is 0 Å². The normalized spacial score (nSPS) is 21.5. The predicted molar refractivity (Wildman–Crippen MR) is 102 cm³/mol. The van der Waals surface area contributed by atoms with E-state index in [1.807, 2.05) is 0 Å². The summed E-state index contributed by atoms with van der Waals surface area (Å²) in [4.78, 5) is 0. The molecule has 1 saturated carbocycles. The summed E-state index contributed by atoms with van der Waals surface area (Å²) < 4.78 is 5.38. The van der Waals surface area contributed by atoms with E-state index in [1.54, 1.807) is 7.11 Å². The average Bonchev–Trinajstić information content (AvgIpc) is 3.22. The van der Waals surface area contributed by atoms with Crippen LogP contribution in [-0.2, 0) is 4.74 Å². The lowest BCUT2D eigenvalue weighted by Crippen LogP contribution is -2.21. The van der Waals surface area contributed by atoms with E-state index < -0.39 is 0 Å². The average molecular weight is 327 g/mol. The molecule has 0 aromatic rings. The standard InChI is InChI=1S/C13H28O.C7H10.H4N2/c1-5-6-7-8-9-10-11-12-13(2,3)14-4;1-2-7-4-3-6(1)5-7;1-2/h5-12H2,1-4H3;1-2,6-7H,3-5H2;1-2H2. The topological polar surface area (TPSA) is 61.3 Å². The highest BCUT2D eigenvalue weighted by molar-refractivity contribution is 5.06. The molecule has 2 atom stereocenters. The van der Waals surface area contributed by atoms with Gasteiger partial charge in [-0.1, -0.05) is 64.0 Å². The van der Waals surface area contributed by atoms with Crippen LogP contribution in [0, 0.1) is 11.8 Å². The Hall–Kier alpha value is -0.380. The molecule has 4 N–H and O–H groups in total. The van der Waals surface area contributed by atoms with E-state index in [4.69, 9.17) is 4.74 Å². The number of hydrazine groups is 1. The summed E-state index contributed by atoms with van der Waals surface area (Å²) in [5.74, 6) is 9.98. The van der Waals surface area contributed by atoms with Gasteiger partial charge in [0, 0.05) is 7.11 Å². The fraction of sp³-hybridized carbons (Fsp3) is 0.900. The minimum absolute atomic E-state index is 0.0867. The van der Waals surface area contributed by atoms with Crippen molar-refractivity contribution in [3.8, 4) is 0 Å². The fourth-order valence-electron chi connectivity index (χ4n) is 3.33. The van der Waals surface area contributed by atoms with Crippen LogP contribution < -0.4 is 11.7 Å². The lowest BCUT2D eigenvalue weighted by molar-refractivity contribution is 0.0134. The van der Waals surface area contributed by atoms with Crippen LogP contribution in [0.2, 0.25) is 0 Å². The summed E-state index contributed by atoms with van der Waals surface area (Å²) in [5.41, 5.74) is 0.0867. The molecule has 0 spiro atoms. The van der Waals surface area contributed by atoms with Gasteiger partial charge in [0.05, 0.1) is 5.60 Å². The molecule has 0 aromatic heterocycles. The second-order valence-electron chi connectivity index (χ2n) is 7.55. The van der Waals surface area contributed by atoms with E-state index in [2.05, 4.69) is 44.6 Å². The SMILES string of the molecule is C1=CC2CCC1C2.CCCCCCCCCC(C)(C)OC.NN. The van der Waals surface area contributed by atoms with Crippen molar-refractivity contribution in [2.75, 3.05) is 7.11 Å². The Morgan fingerprint density at radius 2 is 1.39 bits per heavy atom. The Morgan fingerprint density at radius 1 is 0.913 bits per heavy atom. The second kappa shape index (κ2) is 14.0. The minimum Gasteiger partial charge on any atom is -0.379 e. The first-order valence-electron chi connectivity index (χ1n) is 9.64. The predicted octanol–water partition coefficient (Wildman–Crippen LogP) is 5.34. The van der Waals surface area contributed by atoms with Gasteiger partial charge in [-0.2, -0.15) is 0 Å². The van der Waals surface area contributed by atoms with Gasteiger partial charge >= 0.3 is 0 Å². The number of ether oxygens (including phenoxy) is 1. The maximum atomic E-state index is 5.38. The number of nitrogens with two attached hydrogens (primary N) is 2. The third-order valence-corrected chi connectivity index (χ3v) is 5.10. The van der Waals surface area contributed by atoms with E-state index in [0.29, 0.717) is 0 Å². The van der Waals surface area contributed by atoms with Crippen molar-refractivity contribution in [2.24, 2.45) is 23.5 Å². The summed E-state index contributed by atoms with van der Waals surface area (Å²) in [7, 11) is 1.81. The Morgan fingerprint density at radius 3 is 1.74 bits per heavy atom. The highest BCUT2D eigenvalue weighted by atomic mass is 16.5. The molecule has 0 amide bonds. The number of unbranched alkanes of at least 4 members (excludes halogenated alkanes) is 6. The monoisotopic (exact) mass is 326 g/mol. The summed E-state index contributed by atoms with van der Waals surface area (Å²) in [6.45, 7) is 6.61. The van der Waals surface area contributed by atoms with Crippen molar-refractivity contribution in [1.29, 1.82) is 0 Å². The lowest BCUT2D eigenvalue weighted by Gasteiger charge is -2.22. The van der Waals surface area contributed by atoms with Crippen molar-refractivity contribution >= 4 is 0 Å². The molecule has 2 aliphatic carbocycles. The van der Waals surface area contributed by atoms with Gasteiger partial charge in [-0.3, -0.25) is 11.7 Å². The second-order valence-corrected chi connectivity index (χ2v) is 7.55. The molecular formula is C20H42N2O. The Labute approximate surface area is 145 Å². The van der Waals surface area contributed by atoms with Gasteiger partial charge in [0.2, 0.25) is 0 Å². The zero-order valence-electron chi connectivity index (χ0n) is 16.2. The molecule has 0 radical (unpaired) electrons. The van der Waals surface area contributed by atoms with E-state index in [-0.39, 0.29) is 5.60 Å². The quantitative estimate of drug-likeness (QED) is 0.260. The first-order valence-corrected chi connectivity index (χ1v) is 9.64. The molecule has 0 saturated heterocycles. The van der Waals surface area contributed by atoms with Gasteiger partial charge in [0.1, 0.15) is 0 Å². The molecule has 2 aliphatic rings. The summed E-state index contributed by atoms with van der Waals surface area (Å²) in [6, 6.07) is 0. The van der Waals surface area contributed by atoms with Crippen LogP contribution in [0.25, 0.3) is 0 Å². The molecule has 3 heteroatoms. The van der Waals surface area contributed by atoms with Crippen LogP contribution in [0.4, 0.5) is 0 Å². The van der Waals surface area contributed by atoms with Crippen LogP contribution in [-0.4, -0.2) is 12.7 Å². The van der Waals surface area contributed by atoms with Gasteiger partial charge < -0.3 is 4.74 Å². The van der Waals surface area contributed by atoms with E-state index in [9.17, 15) is 0 Å². The Bertz CT molecular complexity index is 277. The van der Waals surface area contributed by atoms with Gasteiger partial charge in [-0.15, -0.1) is 0 Å². The molecule has 23 heavy (non-hydrogen) atoms. The number of hydrogen-bond donors (Lipinski definition) is 2. The number of fused-ring (bicyclic) bond motifs is 2. The Balaban J connectivity index is 0.000000438. The fourth-order valence-corrected chi connectivity index (χ4v) is 3.33. The molecule has 2 bridgehead atoms. The van der Waals surface area contributed by atoms with Gasteiger partial charge in [0.25, 0.3) is 0 Å². The van der Waals surface area contributed by atoms with E-state index >= 15 is 0 Å². The molecule has 3 nitrogen and oxygen atoms in total. The lowest BCUT2D eigenvalue weighted by atomic mass is 9.99. The molecule has 0 aliphatic heterocycles. The highest BCUT2D eigenvalue weighted by Gasteiger charge is 2.25. The summed E-state index contributed by atoms with van der Waals surface area (Å²) >= 11 is 0. The molecule has 138 valence electrons. The summed E-state index contributed by atoms with van der Waals surface area (Å²) in [6.07, 6.45) is 20.1. The van der Waals surface area contributed by atoms with E-state index in [1.165, 1.54) is 70.6 Å². The Kier molecular flexibility index (Phi) is 13.8. The van der Waals surface area contributed by atoms with Crippen molar-refractivity contribution in [3.63, 3.8) is 0 Å². The zero-order chi connectivity index (χ0) is 17.6. The molecule has 2 rings (SSSR count). The minimum atomic E-state index is 0.0867. The number of allylic oxidation sites excluding steroid dienone is 2. The highest BCUT2D eigenvalue weighted by Crippen LogP contribution is 2.38. The zero-order valence-corrected chi connectivity index (χ0v) is 16.2. The van der Waals surface area contributed by atoms with Gasteiger partial charge in [-0.25, -0.2) is 0 Å². The maximum absolute atomic E-state index is 5.38. The van der Waals surface area contributed by atoms with Gasteiger partial charge in [-0.05, 0) is 51.4 Å². The van der Waals surface area contributed by atoms with E-state index in [0.717, 1.165) is 11.8 Å². The molecule has 2 unspecified atom stereocenters. The molecular weight excluding hydrogens is 284 g/mol. The largest absolute Gasteiger partial charge is 0.379 e. The third-order valence-electron chi connectivity index (χ3n) is 5.10. The van der Waals surface area contributed by atoms with Crippen LogP contribution in [0.1, 0.15) is 91.4 Å². The maximum Gasteiger partial charge on any atom is 0.0622 e. The van der Waals surface area contributed by atoms with Crippen molar-refractivity contribution in [2.45, 2.75) is 97.0 Å².